The maximum atomic E-state index is 12.6. The Hall–Kier alpha value is -4.01. The number of rotatable bonds is 3. The van der Waals surface area contributed by atoms with E-state index in [1.54, 1.807) is 43.9 Å². The van der Waals surface area contributed by atoms with Gasteiger partial charge in [-0.1, -0.05) is 35.9 Å². The highest BCUT2D eigenvalue weighted by molar-refractivity contribution is 6.04. The van der Waals surface area contributed by atoms with Crippen LogP contribution in [-0.2, 0) is 9.53 Å². The Bertz CT molecular complexity index is 1240. The minimum Gasteiger partial charge on any atom is -0.456 e. The number of nitrogens with one attached hydrogen (secondary N) is 1. The Morgan fingerprint density at radius 1 is 1.03 bits per heavy atom. The maximum absolute atomic E-state index is 12.6. The summed E-state index contributed by atoms with van der Waals surface area (Å²) in [7, 11) is 3.64. The molecular formula is C25H29N5O4. The molecule has 34 heavy (non-hydrogen) atoms. The minimum absolute atomic E-state index is 0.191. The summed E-state index contributed by atoms with van der Waals surface area (Å²) >= 11 is 0. The molecule has 2 heterocycles. The van der Waals surface area contributed by atoms with E-state index in [4.69, 9.17) is 4.74 Å². The smallest absolute Gasteiger partial charge is 0.338 e. The normalized spacial score (nSPS) is 13.2. The molecule has 4 rings (SSSR count). The molecule has 2 aromatic carbocycles. The van der Waals surface area contributed by atoms with E-state index in [2.05, 4.69) is 44.3 Å². The Balaban J connectivity index is 0.000000396. The second-order valence-electron chi connectivity index (χ2n) is 9.00. The molecule has 0 aliphatic carbocycles. The van der Waals surface area contributed by atoms with Crippen molar-refractivity contribution in [3.8, 4) is 0 Å². The molecule has 0 spiro atoms. The summed E-state index contributed by atoms with van der Waals surface area (Å²) < 4.78 is 10.1. The van der Waals surface area contributed by atoms with Gasteiger partial charge in [0.2, 0.25) is 0 Å². The Morgan fingerprint density at radius 3 is 2.29 bits per heavy atom. The first-order chi connectivity index (χ1) is 16.0. The molecule has 0 bridgehead atoms. The first-order valence-electron chi connectivity index (χ1n) is 10.8. The fourth-order valence-electron chi connectivity index (χ4n) is 2.99. The van der Waals surface area contributed by atoms with Crippen LogP contribution < -0.4 is 5.32 Å². The molecule has 0 saturated carbocycles. The molecule has 9 nitrogen and oxygen atoms in total. The van der Waals surface area contributed by atoms with E-state index in [0.717, 1.165) is 0 Å². The standard InChI is InChI=1S/C18H21N5O4.C7H8/c1-18(2,3)26-17(25)11-9-14(23(4)5)19-15(11)20-16(24)10-6-7-12-13(8-10)22-27-21-12;1-7-5-3-2-4-6-7/h6-8H,9H2,1-5H3,(H,20,24);2-6H,1H3. The number of amidine groups is 1. The highest BCUT2D eigenvalue weighted by Crippen LogP contribution is 2.23. The van der Waals surface area contributed by atoms with Gasteiger partial charge >= 0.3 is 5.97 Å². The van der Waals surface area contributed by atoms with Crippen LogP contribution in [0.3, 0.4) is 0 Å². The summed E-state index contributed by atoms with van der Waals surface area (Å²) in [6, 6.07) is 15.0. The largest absolute Gasteiger partial charge is 0.456 e. The second kappa shape index (κ2) is 10.3. The van der Waals surface area contributed by atoms with Gasteiger partial charge in [0.25, 0.3) is 5.91 Å². The van der Waals surface area contributed by atoms with Crippen LogP contribution in [0.15, 0.2) is 69.5 Å². The lowest BCUT2D eigenvalue weighted by Crippen LogP contribution is -2.28. The topological polar surface area (TPSA) is 110 Å². The van der Waals surface area contributed by atoms with Crippen molar-refractivity contribution in [2.45, 2.75) is 39.7 Å². The summed E-state index contributed by atoms with van der Waals surface area (Å²) in [4.78, 5) is 31.3. The van der Waals surface area contributed by atoms with E-state index in [1.807, 2.05) is 32.3 Å². The van der Waals surface area contributed by atoms with Gasteiger partial charge in [-0.15, -0.1) is 0 Å². The van der Waals surface area contributed by atoms with Crippen molar-refractivity contribution < 1.29 is 19.0 Å². The number of hydrogen-bond donors (Lipinski definition) is 1. The number of hydrogen-bond acceptors (Lipinski definition) is 8. The van der Waals surface area contributed by atoms with Gasteiger partial charge in [-0.2, -0.15) is 0 Å². The third-order valence-electron chi connectivity index (χ3n) is 4.71. The van der Waals surface area contributed by atoms with E-state index in [0.29, 0.717) is 28.0 Å². The quantitative estimate of drug-likeness (QED) is 0.587. The van der Waals surface area contributed by atoms with E-state index in [9.17, 15) is 9.59 Å². The van der Waals surface area contributed by atoms with Crippen molar-refractivity contribution in [3.63, 3.8) is 0 Å². The van der Waals surface area contributed by atoms with Crippen LogP contribution in [-0.4, -0.2) is 52.6 Å². The maximum Gasteiger partial charge on any atom is 0.338 e. The molecule has 3 aromatic rings. The first kappa shape index (κ1) is 24.6. The van der Waals surface area contributed by atoms with Gasteiger partial charge in [-0.05, 0) is 56.2 Å². The zero-order valence-electron chi connectivity index (χ0n) is 20.2. The Morgan fingerprint density at radius 2 is 1.71 bits per heavy atom. The first-order valence-corrected chi connectivity index (χ1v) is 10.8. The predicted octanol–water partition coefficient (Wildman–Crippen LogP) is 3.86. The molecule has 0 saturated heterocycles. The summed E-state index contributed by atoms with van der Waals surface area (Å²) in [5.74, 6) is -0.0760. The number of benzene rings is 2. The third kappa shape index (κ3) is 6.50. The molecule has 0 unspecified atom stereocenters. The molecular weight excluding hydrogens is 434 g/mol. The monoisotopic (exact) mass is 463 g/mol. The summed E-state index contributed by atoms with van der Waals surface area (Å²) in [6.07, 6.45) is 0.282. The van der Waals surface area contributed by atoms with E-state index < -0.39 is 17.5 Å². The number of nitrogens with zero attached hydrogens (tertiary/aromatic N) is 4. The number of carbonyl (C=O) groups excluding carboxylic acids is 2. The molecule has 9 heteroatoms. The van der Waals surface area contributed by atoms with Crippen molar-refractivity contribution in [3.05, 3.63) is 71.1 Å². The number of amides is 1. The van der Waals surface area contributed by atoms with Gasteiger partial charge in [0.15, 0.2) is 0 Å². The highest BCUT2D eigenvalue weighted by Gasteiger charge is 2.30. The molecule has 0 fully saturated rings. The zero-order valence-corrected chi connectivity index (χ0v) is 20.2. The lowest BCUT2D eigenvalue weighted by molar-refractivity contribution is -0.149. The SMILES string of the molecule is CN(C)C1=NC(NC(=O)c2ccc3nonc3c2)=C(C(=O)OC(C)(C)C)C1.Cc1ccccc1. The molecule has 0 atom stereocenters. The van der Waals surface area contributed by atoms with Crippen molar-refractivity contribution in [2.24, 2.45) is 4.99 Å². The van der Waals surface area contributed by atoms with Crippen molar-refractivity contribution >= 4 is 28.7 Å². The van der Waals surface area contributed by atoms with Gasteiger partial charge in [0, 0.05) is 26.1 Å². The zero-order chi connectivity index (χ0) is 24.9. The summed E-state index contributed by atoms with van der Waals surface area (Å²) in [5.41, 5.74) is 2.35. The van der Waals surface area contributed by atoms with Crippen LogP contribution in [0.2, 0.25) is 0 Å². The molecule has 1 N–H and O–H groups in total. The lowest BCUT2D eigenvalue weighted by atomic mass is 10.1. The van der Waals surface area contributed by atoms with Gasteiger partial charge < -0.3 is 15.0 Å². The number of carbonyl (C=O) groups is 2. The average Bonchev–Trinajstić information content (AvgIpc) is 3.40. The molecule has 0 radical (unpaired) electrons. The number of fused-ring (bicyclic) bond motifs is 1. The van der Waals surface area contributed by atoms with Gasteiger partial charge in [0.1, 0.15) is 28.3 Å². The second-order valence-corrected chi connectivity index (χ2v) is 9.00. The third-order valence-corrected chi connectivity index (χ3v) is 4.71. The van der Waals surface area contributed by atoms with E-state index in [1.165, 1.54) is 5.56 Å². The van der Waals surface area contributed by atoms with Crippen LogP contribution in [0.4, 0.5) is 0 Å². The van der Waals surface area contributed by atoms with E-state index >= 15 is 0 Å². The van der Waals surface area contributed by atoms with Gasteiger partial charge in [-0.25, -0.2) is 14.4 Å². The van der Waals surface area contributed by atoms with E-state index in [-0.39, 0.29) is 12.2 Å². The fraction of sp³-hybridized carbons (Fsp3) is 0.320. The average molecular weight is 464 g/mol. The van der Waals surface area contributed by atoms with Gasteiger partial charge in [0.05, 0.1) is 5.57 Å². The number of aryl methyl sites for hydroxylation is 1. The number of aromatic nitrogens is 2. The number of ether oxygens (including phenoxy) is 1. The van der Waals surface area contributed by atoms with Crippen molar-refractivity contribution in [2.75, 3.05) is 14.1 Å². The number of aliphatic imine (C=N–C) groups is 1. The molecule has 178 valence electrons. The van der Waals surface area contributed by atoms with Crippen LogP contribution >= 0.6 is 0 Å². The molecule has 1 aliphatic rings. The molecule has 1 aromatic heterocycles. The molecule has 1 aliphatic heterocycles. The Labute approximate surface area is 198 Å². The highest BCUT2D eigenvalue weighted by atomic mass is 16.6. The Kier molecular flexibility index (Phi) is 7.45. The van der Waals surface area contributed by atoms with Crippen LogP contribution in [0, 0.1) is 6.92 Å². The lowest BCUT2D eigenvalue weighted by Gasteiger charge is -2.20. The van der Waals surface area contributed by atoms with Gasteiger partial charge in [-0.3, -0.25) is 4.79 Å². The summed E-state index contributed by atoms with van der Waals surface area (Å²) in [6.45, 7) is 7.44. The predicted molar refractivity (Wildman–Crippen MR) is 129 cm³/mol. The molecule has 1 amide bonds. The van der Waals surface area contributed by atoms with Crippen LogP contribution in [0.5, 0.6) is 0 Å². The van der Waals surface area contributed by atoms with Crippen LogP contribution in [0.1, 0.15) is 43.1 Å². The minimum atomic E-state index is -0.648. The van der Waals surface area contributed by atoms with Crippen LogP contribution in [0.25, 0.3) is 11.0 Å². The van der Waals surface area contributed by atoms with Crippen molar-refractivity contribution in [1.82, 2.24) is 20.5 Å². The number of esters is 1. The van der Waals surface area contributed by atoms with Crippen molar-refractivity contribution in [1.29, 1.82) is 0 Å². The summed E-state index contributed by atoms with van der Waals surface area (Å²) in [5, 5.41) is 10.1. The fourth-order valence-corrected chi connectivity index (χ4v) is 2.99.